The lowest BCUT2D eigenvalue weighted by Gasteiger charge is -2.12. The van der Waals surface area contributed by atoms with Crippen molar-refractivity contribution in [3.63, 3.8) is 0 Å². The predicted molar refractivity (Wildman–Crippen MR) is 62.2 cm³/mol. The van der Waals surface area contributed by atoms with E-state index in [2.05, 4.69) is 28.8 Å². The minimum atomic E-state index is -0.287. The lowest BCUT2D eigenvalue weighted by Crippen LogP contribution is -2.13. The van der Waals surface area contributed by atoms with Gasteiger partial charge in [0.1, 0.15) is 0 Å². The van der Waals surface area contributed by atoms with Crippen LogP contribution in [0.2, 0.25) is 0 Å². The zero-order valence-corrected chi connectivity index (χ0v) is 9.40. The monoisotopic (exact) mass is 221 g/mol. The van der Waals surface area contributed by atoms with Crippen LogP contribution in [0.4, 0.5) is 5.95 Å². The topological polar surface area (TPSA) is 89.6 Å². The number of anilines is 1. The molecule has 0 bridgehead atoms. The number of imidazole rings is 1. The fraction of sp³-hybridized carbons (Fsp3) is 0.500. The molecular weight excluding hydrogens is 206 g/mol. The first-order valence-corrected chi connectivity index (χ1v) is 5.35. The minimum absolute atomic E-state index is 0.128. The fourth-order valence-electron chi connectivity index (χ4n) is 1.82. The molecule has 2 heterocycles. The van der Waals surface area contributed by atoms with Gasteiger partial charge < -0.3 is 10.3 Å². The second kappa shape index (κ2) is 3.96. The third-order valence-electron chi connectivity index (χ3n) is 2.63. The molecule has 0 aliphatic heterocycles. The summed E-state index contributed by atoms with van der Waals surface area (Å²) >= 11 is 0. The second-order valence-corrected chi connectivity index (χ2v) is 3.91. The summed E-state index contributed by atoms with van der Waals surface area (Å²) in [5.41, 5.74) is 6.13. The fourth-order valence-corrected chi connectivity index (χ4v) is 1.82. The maximum Gasteiger partial charge on any atom is 0.280 e. The van der Waals surface area contributed by atoms with E-state index in [-0.39, 0.29) is 17.5 Å². The Labute approximate surface area is 92.5 Å². The molecule has 0 fully saturated rings. The lowest BCUT2D eigenvalue weighted by molar-refractivity contribution is 0.509. The van der Waals surface area contributed by atoms with Crippen LogP contribution in [0.25, 0.3) is 11.2 Å². The molecule has 2 aromatic rings. The van der Waals surface area contributed by atoms with Crippen LogP contribution >= 0.6 is 0 Å². The number of fused-ring (bicyclic) bond motifs is 1. The first-order valence-electron chi connectivity index (χ1n) is 5.35. The van der Waals surface area contributed by atoms with Crippen molar-refractivity contribution < 1.29 is 0 Å². The maximum absolute atomic E-state index is 11.5. The van der Waals surface area contributed by atoms with Gasteiger partial charge in [-0.05, 0) is 13.3 Å². The summed E-state index contributed by atoms with van der Waals surface area (Å²) in [7, 11) is 0. The minimum Gasteiger partial charge on any atom is -0.369 e. The van der Waals surface area contributed by atoms with Gasteiger partial charge in [0, 0.05) is 6.04 Å². The zero-order valence-electron chi connectivity index (χ0n) is 9.40. The molecular formula is C10H15N5O. The van der Waals surface area contributed by atoms with Crippen LogP contribution in [-0.2, 0) is 0 Å². The van der Waals surface area contributed by atoms with E-state index >= 15 is 0 Å². The van der Waals surface area contributed by atoms with E-state index < -0.39 is 0 Å². The van der Waals surface area contributed by atoms with Gasteiger partial charge in [-0.1, -0.05) is 13.3 Å². The summed E-state index contributed by atoms with van der Waals surface area (Å²) < 4.78 is 1.89. The average Bonchev–Trinajstić information content (AvgIpc) is 2.61. The van der Waals surface area contributed by atoms with Crippen molar-refractivity contribution in [2.75, 3.05) is 5.73 Å². The highest BCUT2D eigenvalue weighted by Gasteiger charge is 2.12. The number of nitrogens with two attached hydrogens (primary N) is 1. The summed E-state index contributed by atoms with van der Waals surface area (Å²) in [4.78, 5) is 22.2. The van der Waals surface area contributed by atoms with Crippen molar-refractivity contribution in [1.29, 1.82) is 0 Å². The second-order valence-electron chi connectivity index (χ2n) is 3.91. The molecule has 2 aromatic heterocycles. The Balaban J connectivity index is 2.60. The number of nitrogens with one attached hydrogen (secondary N) is 1. The van der Waals surface area contributed by atoms with Crippen LogP contribution < -0.4 is 11.3 Å². The Morgan fingerprint density at radius 1 is 1.62 bits per heavy atom. The summed E-state index contributed by atoms with van der Waals surface area (Å²) in [6.07, 6.45) is 3.73. The Morgan fingerprint density at radius 2 is 2.38 bits per heavy atom. The van der Waals surface area contributed by atoms with Gasteiger partial charge in [0.05, 0.1) is 6.33 Å². The maximum atomic E-state index is 11.5. The number of H-pyrrole nitrogens is 1. The van der Waals surface area contributed by atoms with Gasteiger partial charge >= 0.3 is 0 Å². The van der Waals surface area contributed by atoms with E-state index in [1.807, 2.05) is 4.57 Å². The van der Waals surface area contributed by atoms with Gasteiger partial charge in [0.15, 0.2) is 11.2 Å². The molecule has 0 radical (unpaired) electrons. The predicted octanol–water partition coefficient (Wildman–Crippen LogP) is 1.06. The van der Waals surface area contributed by atoms with Crippen molar-refractivity contribution >= 4 is 17.1 Å². The Kier molecular flexibility index (Phi) is 2.64. The van der Waals surface area contributed by atoms with Gasteiger partial charge in [-0.15, -0.1) is 0 Å². The molecule has 3 N–H and O–H groups in total. The molecule has 0 spiro atoms. The van der Waals surface area contributed by atoms with Crippen molar-refractivity contribution in [2.24, 2.45) is 0 Å². The van der Waals surface area contributed by atoms with Gasteiger partial charge in [0.2, 0.25) is 5.95 Å². The van der Waals surface area contributed by atoms with Crippen molar-refractivity contribution in [2.45, 2.75) is 32.7 Å². The third kappa shape index (κ3) is 1.66. The average molecular weight is 221 g/mol. The van der Waals surface area contributed by atoms with E-state index in [1.54, 1.807) is 6.33 Å². The molecule has 86 valence electrons. The van der Waals surface area contributed by atoms with E-state index in [1.165, 1.54) is 0 Å². The van der Waals surface area contributed by atoms with Crippen LogP contribution in [0.15, 0.2) is 11.1 Å². The molecule has 0 saturated carbocycles. The van der Waals surface area contributed by atoms with Gasteiger partial charge in [-0.25, -0.2) is 4.98 Å². The number of hydrogen-bond acceptors (Lipinski definition) is 4. The summed E-state index contributed by atoms with van der Waals surface area (Å²) in [5.74, 6) is 0.128. The Morgan fingerprint density at radius 3 is 3.06 bits per heavy atom. The molecule has 6 heteroatoms. The molecule has 1 unspecified atom stereocenters. The Bertz CT molecular complexity index is 556. The van der Waals surface area contributed by atoms with Crippen molar-refractivity contribution in [3.05, 3.63) is 16.7 Å². The number of aromatic amines is 1. The molecule has 6 nitrogen and oxygen atoms in total. The quantitative estimate of drug-likeness (QED) is 0.811. The van der Waals surface area contributed by atoms with E-state index in [0.717, 1.165) is 12.8 Å². The number of rotatable bonds is 3. The van der Waals surface area contributed by atoms with Crippen LogP contribution in [0, 0.1) is 0 Å². The van der Waals surface area contributed by atoms with Crippen LogP contribution in [0.3, 0.4) is 0 Å². The van der Waals surface area contributed by atoms with E-state index in [9.17, 15) is 4.79 Å². The summed E-state index contributed by atoms with van der Waals surface area (Å²) in [6, 6.07) is 0.267. The highest BCUT2D eigenvalue weighted by molar-refractivity contribution is 5.70. The summed E-state index contributed by atoms with van der Waals surface area (Å²) in [5, 5.41) is 0. The Hall–Kier alpha value is -1.85. The van der Waals surface area contributed by atoms with E-state index in [4.69, 9.17) is 5.73 Å². The highest BCUT2D eigenvalue weighted by Crippen LogP contribution is 2.17. The highest BCUT2D eigenvalue weighted by atomic mass is 16.1. The van der Waals surface area contributed by atoms with Crippen molar-refractivity contribution in [3.8, 4) is 0 Å². The molecule has 2 rings (SSSR count). The smallest absolute Gasteiger partial charge is 0.280 e. The van der Waals surface area contributed by atoms with Crippen LogP contribution in [0.1, 0.15) is 32.7 Å². The summed E-state index contributed by atoms with van der Waals surface area (Å²) in [6.45, 7) is 4.19. The van der Waals surface area contributed by atoms with Crippen LogP contribution in [0.5, 0.6) is 0 Å². The molecule has 0 amide bonds. The van der Waals surface area contributed by atoms with Gasteiger partial charge in [0.25, 0.3) is 5.56 Å². The molecule has 0 aliphatic carbocycles. The van der Waals surface area contributed by atoms with E-state index in [0.29, 0.717) is 11.2 Å². The number of aromatic nitrogens is 4. The molecule has 1 atom stereocenters. The van der Waals surface area contributed by atoms with Crippen LogP contribution in [-0.4, -0.2) is 19.5 Å². The standard InChI is InChI=1S/C10H15N5O/c1-3-4-6(2)15-5-12-7-8(15)13-10(11)14-9(7)16/h5-6H,3-4H2,1-2H3,(H3,11,13,14,16). The molecule has 0 saturated heterocycles. The largest absolute Gasteiger partial charge is 0.369 e. The first-order chi connectivity index (χ1) is 7.63. The molecule has 0 aromatic carbocycles. The van der Waals surface area contributed by atoms with Crippen molar-refractivity contribution in [1.82, 2.24) is 19.5 Å². The lowest BCUT2D eigenvalue weighted by atomic mass is 10.2. The van der Waals surface area contributed by atoms with Gasteiger partial charge in [-0.2, -0.15) is 4.98 Å². The molecule has 0 aliphatic rings. The van der Waals surface area contributed by atoms with Gasteiger partial charge in [-0.3, -0.25) is 9.78 Å². The SMILES string of the molecule is CCCC(C)n1cnc2c(=O)[nH]c(N)nc21. The first kappa shape index (κ1) is 10.7. The number of hydrogen-bond donors (Lipinski definition) is 2. The normalized spacial score (nSPS) is 13.1. The third-order valence-corrected chi connectivity index (χ3v) is 2.63. The molecule has 16 heavy (non-hydrogen) atoms. The number of nitrogens with zero attached hydrogens (tertiary/aromatic N) is 3. The zero-order chi connectivity index (χ0) is 11.7. The number of nitrogen functional groups attached to an aromatic ring is 1.